The van der Waals surface area contributed by atoms with Crippen molar-refractivity contribution in [3.63, 3.8) is 0 Å². The number of sulfonamides is 1. The van der Waals surface area contributed by atoms with E-state index in [0.717, 1.165) is 12.1 Å². The summed E-state index contributed by atoms with van der Waals surface area (Å²) < 4.78 is 53.9. The van der Waals surface area contributed by atoms with Crippen molar-refractivity contribution in [3.05, 3.63) is 52.0 Å². The third-order valence-electron chi connectivity index (χ3n) is 4.20. The largest absolute Gasteiger partial charge is 0.314 e. The Balaban J connectivity index is 0.00000155. The van der Waals surface area contributed by atoms with Crippen LogP contribution in [0.3, 0.4) is 0 Å². The lowest BCUT2D eigenvalue weighted by molar-refractivity contribution is 0.359. The summed E-state index contributed by atoms with van der Waals surface area (Å²) in [6.07, 6.45) is 0. The maximum Gasteiger partial charge on any atom is 0.244 e. The number of sulfone groups is 1. The van der Waals surface area contributed by atoms with Crippen molar-refractivity contribution >= 4 is 43.1 Å². The van der Waals surface area contributed by atoms with Gasteiger partial charge in [0.2, 0.25) is 19.9 Å². The number of piperazine rings is 1. The maximum absolute atomic E-state index is 13.2. The van der Waals surface area contributed by atoms with Crippen LogP contribution < -0.4 is 5.32 Å². The molecule has 1 N–H and O–H groups in total. The van der Waals surface area contributed by atoms with Crippen LogP contribution in [-0.4, -0.2) is 47.3 Å². The minimum atomic E-state index is -4.26. The number of benzene rings is 2. The molecule has 0 radical (unpaired) electrons. The van der Waals surface area contributed by atoms with E-state index < -0.39 is 29.7 Å². The normalized spacial score (nSPS) is 15.0. The number of nitrogens with zero attached hydrogens (tertiary/aromatic N) is 2. The molecule has 3 rings (SSSR count). The van der Waals surface area contributed by atoms with Gasteiger partial charge in [-0.15, -0.1) is 0 Å². The third kappa shape index (κ3) is 5.14. The van der Waals surface area contributed by atoms with Gasteiger partial charge in [-0.25, -0.2) is 16.8 Å². The molecule has 0 bridgehead atoms. The second kappa shape index (κ2) is 10.1. The van der Waals surface area contributed by atoms with E-state index in [2.05, 4.69) is 5.32 Å². The van der Waals surface area contributed by atoms with Crippen LogP contribution in [0.5, 0.6) is 0 Å². The quantitative estimate of drug-likeness (QED) is 0.705. The molecule has 0 unspecified atom stereocenters. The van der Waals surface area contributed by atoms with Gasteiger partial charge in [-0.05, 0) is 36.4 Å². The fourth-order valence-corrected chi connectivity index (χ4v) is 7.06. The number of nitrogens with one attached hydrogen (secondary N) is 1. The molecule has 2 aromatic rings. The third-order valence-corrected chi connectivity index (χ3v) is 8.50. The number of halogens is 2. The molecule has 0 amide bonds. The number of hydrogen-bond donors (Lipinski definition) is 1. The lowest BCUT2D eigenvalue weighted by Gasteiger charge is -2.27. The average molecular weight is 490 g/mol. The Labute approximate surface area is 187 Å². The topological polar surface area (TPSA) is 107 Å². The van der Waals surface area contributed by atoms with Gasteiger partial charge in [0.15, 0.2) is 0 Å². The lowest BCUT2D eigenvalue weighted by atomic mass is 10.2. The SMILES string of the molecule is CC.N#Cc1ccc(S(=O)(=O)c2cc(Cl)cc(Cl)c2)c(S(=O)(=O)N2CCNCC2)c1. The molecule has 0 atom stereocenters. The van der Waals surface area contributed by atoms with Crippen LogP contribution in [0.15, 0.2) is 51.1 Å². The number of nitriles is 1. The van der Waals surface area contributed by atoms with E-state index in [1.807, 2.05) is 19.9 Å². The van der Waals surface area contributed by atoms with Crippen LogP contribution in [0.1, 0.15) is 19.4 Å². The van der Waals surface area contributed by atoms with Crippen LogP contribution in [0.25, 0.3) is 0 Å². The van der Waals surface area contributed by atoms with E-state index in [-0.39, 0.29) is 33.6 Å². The fraction of sp³-hybridized carbons (Fsp3) is 0.316. The van der Waals surface area contributed by atoms with E-state index in [1.165, 1.54) is 28.6 Å². The first-order valence-corrected chi connectivity index (χ1v) is 12.8. The summed E-state index contributed by atoms with van der Waals surface area (Å²) in [6.45, 7) is 5.29. The van der Waals surface area contributed by atoms with Crippen LogP contribution >= 0.6 is 23.2 Å². The van der Waals surface area contributed by atoms with Gasteiger partial charge in [-0.3, -0.25) is 0 Å². The molecule has 162 valence electrons. The highest BCUT2D eigenvalue weighted by Gasteiger charge is 2.33. The van der Waals surface area contributed by atoms with Gasteiger partial charge >= 0.3 is 0 Å². The van der Waals surface area contributed by atoms with Crippen LogP contribution in [0.2, 0.25) is 10.0 Å². The van der Waals surface area contributed by atoms with Gasteiger partial charge in [-0.1, -0.05) is 37.0 Å². The molecule has 0 aliphatic carbocycles. The molecule has 1 heterocycles. The molecular formula is C19H21Cl2N3O4S2. The summed E-state index contributed by atoms with van der Waals surface area (Å²) in [5.74, 6) is 0. The van der Waals surface area contributed by atoms with Crippen molar-refractivity contribution in [3.8, 4) is 6.07 Å². The second-order valence-corrected chi connectivity index (χ2v) is 10.7. The van der Waals surface area contributed by atoms with Crippen molar-refractivity contribution in [2.45, 2.75) is 28.5 Å². The van der Waals surface area contributed by atoms with E-state index in [1.54, 1.807) is 0 Å². The lowest BCUT2D eigenvalue weighted by Crippen LogP contribution is -2.46. The highest BCUT2D eigenvalue weighted by Crippen LogP contribution is 2.32. The predicted octanol–water partition coefficient (Wildman–Crippen LogP) is 3.32. The zero-order chi connectivity index (χ0) is 22.5. The molecule has 0 aromatic heterocycles. The van der Waals surface area contributed by atoms with Gasteiger partial charge in [0.05, 0.1) is 21.4 Å². The Morgan fingerprint density at radius 1 is 0.933 bits per heavy atom. The van der Waals surface area contributed by atoms with Gasteiger partial charge < -0.3 is 5.32 Å². The smallest absolute Gasteiger partial charge is 0.244 e. The average Bonchev–Trinajstić information content (AvgIpc) is 2.74. The Bertz CT molecular complexity index is 1150. The molecule has 2 aromatic carbocycles. The molecule has 7 nitrogen and oxygen atoms in total. The second-order valence-electron chi connectivity index (χ2n) is 6.04. The molecule has 1 aliphatic rings. The molecule has 30 heavy (non-hydrogen) atoms. The Kier molecular flexibility index (Phi) is 8.27. The van der Waals surface area contributed by atoms with E-state index in [4.69, 9.17) is 28.5 Å². The predicted molar refractivity (Wildman–Crippen MR) is 116 cm³/mol. The van der Waals surface area contributed by atoms with Crippen LogP contribution in [-0.2, 0) is 19.9 Å². The minimum Gasteiger partial charge on any atom is -0.314 e. The summed E-state index contributed by atoms with van der Waals surface area (Å²) in [7, 11) is -8.40. The Hall–Kier alpha value is -1.67. The van der Waals surface area contributed by atoms with Gasteiger partial charge in [-0.2, -0.15) is 9.57 Å². The zero-order valence-corrected chi connectivity index (χ0v) is 19.5. The maximum atomic E-state index is 13.2. The Morgan fingerprint density at radius 2 is 1.50 bits per heavy atom. The molecule has 0 saturated carbocycles. The Morgan fingerprint density at radius 3 is 2.03 bits per heavy atom. The zero-order valence-electron chi connectivity index (χ0n) is 16.4. The molecular weight excluding hydrogens is 469 g/mol. The summed E-state index contributed by atoms with van der Waals surface area (Å²) >= 11 is 11.8. The summed E-state index contributed by atoms with van der Waals surface area (Å²) in [5, 5.41) is 12.4. The van der Waals surface area contributed by atoms with Crippen molar-refractivity contribution in [2.24, 2.45) is 0 Å². The minimum absolute atomic E-state index is 0.0387. The van der Waals surface area contributed by atoms with Gasteiger partial charge in [0.25, 0.3) is 0 Å². The highest BCUT2D eigenvalue weighted by molar-refractivity contribution is 7.93. The van der Waals surface area contributed by atoms with Crippen molar-refractivity contribution in [1.29, 1.82) is 5.26 Å². The van der Waals surface area contributed by atoms with Gasteiger partial charge in [0.1, 0.15) is 4.90 Å². The van der Waals surface area contributed by atoms with E-state index in [0.29, 0.717) is 13.1 Å². The first kappa shape index (κ1) is 24.6. The number of rotatable bonds is 4. The number of hydrogen-bond acceptors (Lipinski definition) is 6. The summed E-state index contributed by atoms with van der Waals surface area (Å²) in [4.78, 5) is -1.10. The van der Waals surface area contributed by atoms with E-state index in [9.17, 15) is 16.8 Å². The van der Waals surface area contributed by atoms with Crippen molar-refractivity contribution in [2.75, 3.05) is 26.2 Å². The van der Waals surface area contributed by atoms with Crippen molar-refractivity contribution < 1.29 is 16.8 Å². The highest BCUT2D eigenvalue weighted by atomic mass is 35.5. The van der Waals surface area contributed by atoms with Crippen LogP contribution in [0, 0.1) is 11.3 Å². The molecule has 0 spiro atoms. The first-order chi connectivity index (χ1) is 14.2. The van der Waals surface area contributed by atoms with Gasteiger partial charge in [0, 0.05) is 36.2 Å². The summed E-state index contributed by atoms with van der Waals surface area (Å²) in [5.41, 5.74) is 0.0387. The molecule has 11 heteroatoms. The molecule has 1 fully saturated rings. The van der Waals surface area contributed by atoms with E-state index >= 15 is 0 Å². The van der Waals surface area contributed by atoms with Crippen LogP contribution in [0.4, 0.5) is 0 Å². The summed E-state index contributed by atoms with van der Waals surface area (Å²) in [6, 6.07) is 9.08. The standard InChI is InChI=1S/C17H15Cl2N3O4S2.C2H6/c18-13-8-14(19)10-15(9-13)27(23,24)16-2-1-12(11-20)7-17(16)28(25,26)22-5-3-21-4-6-22;1-2/h1-2,7-10,21H,3-6H2;1-2H3. The monoisotopic (exact) mass is 489 g/mol. The van der Waals surface area contributed by atoms with Crippen molar-refractivity contribution in [1.82, 2.24) is 9.62 Å². The fourth-order valence-electron chi connectivity index (χ4n) is 2.84. The first-order valence-electron chi connectivity index (χ1n) is 9.12. The molecule has 1 saturated heterocycles. The molecule has 1 aliphatic heterocycles.